The number of nitrogens with two attached hydrogens (primary N) is 1. The molecule has 0 atom stereocenters. The minimum Gasteiger partial charge on any atom is -0.497 e. The van der Waals surface area contributed by atoms with Crippen LogP contribution in [-0.4, -0.2) is 50.6 Å². The number of rotatable bonds is 14. The third-order valence-electron chi connectivity index (χ3n) is 6.12. The standard InChI is InChI=1S/C31H39N7O4/c1-6-7-8-14-34-27(28-20-36-29-17-25(42-5)13-15-37(28)29)16-22(2)35-18-23-9-11-24(12-10-23)26(30(32)38(40)41)19-33-21-31(3,4)39/h8-17,19-20,35,39H,6-7,18,21,32H2,1-5H3/b14-8+,22-16+,30-26-,33-19?,34-27-. The number of nitro groups is 1. The Kier molecular flexibility index (Phi) is 11.1. The van der Waals surface area contributed by atoms with E-state index in [4.69, 9.17) is 15.5 Å². The number of hydrogen-bond acceptors (Lipinski definition) is 9. The molecular weight excluding hydrogens is 534 g/mol. The van der Waals surface area contributed by atoms with Gasteiger partial charge in [0.15, 0.2) is 0 Å². The minimum atomic E-state index is -1.04. The molecule has 0 fully saturated rings. The van der Waals surface area contributed by atoms with Gasteiger partial charge in [-0.1, -0.05) is 43.7 Å². The Bertz CT molecular complexity index is 1520. The number of fused-ring (bicyclic) bond motifs is 1. The highest BCUT2D eigenvalue weighted by Gasteiger charge is 2.15. The fourth-order valence-electron chi connectivity index (χ4n) is 3.88. The predicted octanol–water partition coefficient (Wildman–Crippen LogP) is 4.89. The topological polar surface area (TPSA) is 153 Å². The van der Waals surface area contributed by atoms with Crippen molar-refractivity contribution in [1.82, 2.24) is 14.7 Å². The Morgan fingerprint density at radius 1 is 1.29 bits per heavy atom. The maximum atomic E-state index is 11.4. The summed E-state index contributed by atoms with van der Waals surface area (Å²) in [6.07, 6.45) is 12.8. The number of nitrogens with zero attached hydrogens (tertiary/aromatic N) is 5. The molecule has 42 heavy (non-hydrogen) atoms. The van der Waals surface area contributed by atoms with Crippen LogP contribution < -0.4 is 15.8 Å². The molecule has 0 spiro atoms. The van der Waals surface area contributed by atoms with E-state index in [9.17, 15) is 15.2 Å². The Morgan fingerprint density at radius 3 is 2.67 bits per heavy atom. The van der Waals surface area contributed by atoms with Crippen LogP contribution in [0.3, 0.4) is 0 Å². The molecule has 2 heterocycles. The van der Waals surface area contributed by atoms with Crippen LogP contribution in [0.5, 0.6) is 5.75 Å². The van der Waals surface area contributed by atoms with Gasteiger partial charge in [-0.2, -0.15) is 0 Å². The fourth-order valence-corrected chi connectivity index (χ4v) is 3.88. The van der Waals surface area contributed by atoms with Gasteiger partial charge in [-0.15, -0.1) is 0 Å². The third-order valence-corrected chi connectivity index (χ3v) is 6.12. The van der Waals surface area contributed by atoms with Gasteiger partial charge in [-0.05, 0) is 55.4 Å². The van der Waals surface area contributed by atoms with Crippen LogP contribution in [0.1, 0.15) is 57.4 Å². The Hall–Kier alpha value is -4.77. The van der Waals surface area contributed by atoms with E-state index in [-0.39, 0.29) is 12.1 Å². The van der Waals surface area contributed by atoms with Gasteiger partial charge in [0.25, 0.3) is 0 Å². The van der Waals surface area contributed by atoms with E-state index in [1.807, 2.05) is 60.1 Å². The van der Waals surface area contributed by atoms with Crippen LogP contribution in [0.25, 0.3) is 11.2 Å². The molecule has 222 valence electrons. The molecule has 0 amide bonds. The highest BCUT2D eigenvalue weighted by atomic mass is 16.6. The predicted molar refractivity (Wildman–Crippen MR) is 167 cm³/mol. The number of aliphatic hydroxyl groups is 1. The van der Waals surface area contributed by atoms with E-state index in [1.54, 1.807) is 39.3 Å². The number of hydrogen-bond donors (Lipinski definition) is 3. The van der Waals surface area contributed by atoms with Crippen LogP contribution in [0, 0.1) is 10.1 Å². The highest BCUT2D eigenvalue weighted by Crippen LogP contribution is 2.18. The molecule has 0 radical (unpaired) electrons. The second-order valence-corrected chi connectivity index (χ2v) is 10.3. The number of aliphatic imine (C=N–C) groups is 2. The van der Waals surface area contributed by atoms with Gasteiger partial charge in [-0.3, -0.25) is 20.1 Å². The lowest BCUT2D eigenvalue weighted by Crippen LogP contribution is -2.22. The lowest BCUT2D eigenvalue weighted by atomic mass is 10.0. The SMILES string of the molecule is CCC/C=C/N=C(/C=C(\C)NCc1ccc(/C(C=NCC(C)(C)O)=C(/N)[N+](=O)[O-])cc1)c1cnc2cc(OC)ccn12. The van der Waals surface area contributed by atoms with Crippen molar-refractivity contribution >= 4 is 23.1 Å². The first kappa shape index (κ1) is 31.8. The maximum absolute atomic E-state index is 11.4. The average molecular weight is 574 g/mol. The third kappa shape index (κ3) is 9.13. The molecule has 0 saturated heterocycles. The maximum Gasteiger partial charge on any atom is 0.323 e. The summed E-state index contributed by atoms with van der Waals surface area (Å²) in [5, 5.41) is 24.7. The van der Waals surface area contributed by atoms with E-state index in [1.165, 1.54) is 6.21 Å². The van der Waals surface area contributed by atoms with E-state index >= 15 is 0 Å². The summed E-state index contributed by atoms with van der Waals surface area (Å²) in [5.41, 5.74) is 9.63. The fraction of sp³-hybridized carbons (Fsp3) is 0.323. The molecule has 11 nitrogen and oxygen atoms in total. The zero-order chi connectivity index (χ0) is 30.7. The molecule has 0 aliphatic rings. The van der Waals surface area contributed by atoms with Gasteiger partial charge in [-0.25, -0.2) is 4.98 Å². The molecule has 0 saturated carbocycles. The van der Waals surface area contributed by atoms with Crippen molar-refractivity contribution in [3.63, 3.8) is 0 Å². The number of ether oxygens (including phenoxy) is 1. The van der Waals surface area contributed by atoms with E-state index < -0.39 is 16.3 Å². The molecule has 1 aromatic carbocycles. The first-order chi connectivity index (χ1) is 20.0. The van der Waals surface area contributed by atoms with Crippen LogP contribution in [0.2, 0.25) is 0 Å². The summed E-state index contributed by atoms with van der Waals surface area (Å²) in [4.78, 5) is 24.1. The number of unbranched alkanes of at least 4 members (excludes halogenated alkanes) is 1. The minimum absolute atomic E-state index is 0.0814. The first-order valence-corrected chi connectivity index (χ1v) is 13.6. The van der Waals surface area contributed by atoms with Crippen molar-refractivity contribution in [2.45, 2.75) is 52.7 Å². The summed E-state index contributed by atoms with van der Waals surface area (Å²) in [7, 11) is 1.62. The Labute approximate surface area is 246 Å². The van der Waals surface area contributed by atoms with Crippen molar-refractivity contribution in [1.29, 1.82) is 0 Å². The lowest BCUT2D eigenvalue weighted by molar-refractivity contribution is -0.425. The number of pyridine rings is 1. The van der Waals surface area contributed by atoms with Crippen LogP contribution in [0.15, 0.2) is 88.6 Å². The second kappa shape index (κ2) is 14.7. The molecule has 0 bridgehead atoms. The molecule has 0 unspecified atom stereocenters. The molecule has 0 aliphatic heterocycles. The van der Waals surface area contributed by atoms with Gasteiger partial charge in [0.2, 0.25) is 0 Å². The smallest absolute Gasteiger partial charge is 0.323 e. The number of aromatic nitrogens is 2. The van der Waals surface area contributed by atoms with Crippen molar-refractivity contribution < 1.29 is 14.8 Å². The molecule has 4 N–H and O–H groups in total. The largest absolute Gasteiger partial charge is 0.497 e. The number of nitrogens with one attached hydrogen (secondary N) is 1. The van der Waals surface area contributed by atoms with E-state index in [2.05, 4.69) is 22.2 Å². The lowest BCUT2D eigenvalue weighted by Gasteiger charge is -2.13. The highest BCUT2D eigenvalue weighted by molar-refractivity contribution is 6.10. The van der Waals surface area contributed by atoms with Crippen molar-refractivity contribution in [2.24, 2.45) is 15.7 Å². The van der Waals surface area contributed by atoms with E-state index in [0.29, 0.717) is 12.1 Å². The zero-order valence-corrected chi connectivity index (χ0v) is 24.7. The first-order valence-electron chi connectivity index (χ1n) is 13.6. The molecule has 0 aliphatic carbocycles. The normalized spacial score (nSPS) is 13.7. The molecule has 11 heteroatoms. The number of benzene rings is 1. The zero-order valence-electron chi connectivity index (χ0n) is 24.7. The van der Waals surface area contributed by atoms with Crippen LogP contribution in [0.4, 0.5) is 0 Å². The van der Waals surface area contributed by atoms with Gasteiger partial charge in [0.1, 0.15) is 11.4 Å². The van der Waals surface area contributed by atoms with Crippen LogP contribution >= 0.6 is 0 Å². The molecular formula is C31H39N7O4. The quantitative estimate of drug-likeness (QED) is 0.141. The summed E-state index contributed by atoms with van der Waals surface area (Å²) < 4.78 is 7.29. The van der Waals surface area contributed by atoms with Gasteiger partial charge >= 0.3 is 5.82 Å². The van der Waals surface area contributed by atoms with Gasteiger partial charge in [0.05, 0.1) is 42.4 Å². The van der Waals surface area contributed by atoms with E-state index in [0.717, 1.165) is 46.9 Å². The molecule has 2 aromatic heterocycles. The summed E-state index contributed by atoms with van der Waals surface area (Å²) in [6.45, 7) is 7.89. The van der Waals surface area contributed by atoms with Gasteiger partial charge < -0.3 is 25.3 Å². The van der Waals surface area contributed by atoms with Crippen molar-refractivity contribution in [3.05, 3.63) is 106 Å². The summed E-state index contributed by atoms with van der Waals surface area (Å²) >= 11 is 0. The van der Waals surface area contributed by atoms with Crippen molar-refractivity contribution in [2.75, 3.05) is 13.7 Å². The number of allylic oxidation sites excluding steroid dienone is 4. The number of methoxy groups -OCH3 is 1. The number of imidazole rings is 1. The van der Waals surface area contributed by atoms with Crippen LogP contribution in [-0.2, 0) is 6.54 Å². The van der Waals surface area contributed by atoms with Gasteiger partial charge in [0, 0.05) is 36.9 Å². The monoisotopic (exact) mass is 573 g/mol. The molecule has 3 aromatic rings. The second-order valence-electron chi connectivity index (χ2n) is 10.3. The summed E-state index contributed by atoms with van der Waals surface area (Å²) in [6, 6.07) is 11.0. The average Bonchev–Trinajstić information content (AvgIpc) is 3.38. The molecule has 3 rings (SSSR count). The Morgan fingerprint density at radius 2 is 2.02 bits per heavy atom. The van der Waals surface area contributed by atoms with Crippen molar-refractivity contribution in [3.8, 4) is 5.75 Å². The Balaban J connectivity index is 1.81. The summed E-state index contributed by atoms with van der Waals surface area (Å²) in [5.74, 6) is 0.218.